The molecule has 4 rings (SSSR count). The third kappa shape index (κ3) is 5.48. The molecule has 1 aliphatic rings. The predicted octanol–water partition coefficient (Wildman–Crippen LogP) is 3.21. The summed E-state index contributed by atoms with van der Waals surface area (Å²) < 4.78 is 5.27. The number of fused-ring (bicyclic) bond motifs is 1. The molecule has 3 aromatic rings. The second-order valence-electron chi connectivity index (χ2n) is 8.56. The number of pyridine rings is 1. The lowest BCUT2D eigenvalue weighted by Gasteiger charge is -2.25. The van der Waals surface area contributed by atoms with Crippen molar-refractivity contribution in [3.63, 3.8) is 0 Å². The standard InChI is InChI=1S/C27H28N4O4/c1-17-9-10-19(16-28-17)31(2)27(34)24(13-18-7-5-4-6-8-18)29-25(32)15-22-21-14-20(35-3)11-12-23(21)30-26(22)33/h4-12,14,16,22,24H,13,15H2,1-3H3,(H,29,32)(H,30,33)/t22?,24-/m0/s1. The number of aryl methyl sites for hydroxylation is 1. The molecule has 2 atom stereocenters. The maximum atomic E-state index is 13.4. The van der Waals surface area contributed by atoms with Gasteiger partial charge in [-0.15, -0.1) is 0 Å². The van der Waals surface area contributed by atoms with Gasteiger partial charge in [-0.2, -0.15) is 0 Å². The van der Waals surface area contributed by atoms with E-state index in [-0.39, 0.29) is 24.1 Å². The summed E-state index contributed by atoms with van der Waals surface area (Å²) in [6.45, 7) is 1.87. The van der Waals surface area contributed by atoms with Crippen LogP contribution in [0.25, 0.3) is 0 Å². The van der Waals surface area contributed by atoms with Gasteiger partial charge in [-0.3, -0.25) is 19.4 Å². The number of amides is 3. The van der Waals surface area contributed by atoms with Crippen molar-refractivity contribution in [1.29, 1.82) is 0 Å². The van der Waals surface area contributed by atoms with Crippen LogP contribution in [-0.2, 0) is 20.8 Å². The molecular formula is C27H28N4O4. The van der Waals surface area contributed by atoms with Crippen molar-refractivity contribution in [2.24, 2.45) is 0 Å². The lowest BCUT2D eigenvalue weighted by molar-refractivity contribution is -0.128. The number of ether oxygens (including phenoxy) is 1. The van der Waals surface area contributed by atoms with Crippen LogP contribution in [0.4, 0.5) is 11.4 Å². The number of nitrogens with zero attached hydrogens (tertiary/aromatic N) is 2. The molecule has 35 heavy (non-hydrogen) atoms. The third-order valence-corrected chi connectivity index (χ3v) is 6.13. The molecule has 8 nitrogen and oxygen atoms in total. The molecule has 0 aliphatic carbocycles. The maximum absolute atomic E-state index is 13.4. The van der Waals surface area contributed by atoms with E-state index in [1.165, 1.54) is 4.90 Å². The number of nitrogens with one attached hydrogen (secondary N) is 2. The van der Waals surface area contributed by atoms with E-state index in [0.29, 0.717) is 29.1 Å². The quantitative estimate of drug-likeness (QED) is 0.524. The van der Waals surface area contributed by atoms with E-state index in [9.17, 15) is 14.4 Å². The molecule has 1 aliphatic heterocycles. The maximum Gasteiger partial charge on any atom is 0.249 e. The number of hydrogen-bond donors (Lipinski definition) is 2. The number of carbonyl (C=O) groups excluding carboxylic acids is 3. The molecule has 0 bridgehead atoms. The number of methoxy groups -OCH3 is 1. The van der Waals surface area contributed by atoms with Crippen molar-refractivity contribution < 1.29 is 19.1 Å². The van der Waals surface area contributed by atoms with Gasteiger partial charge in [0.2, 0.25) is 17.7 Å². The molecule has 8 heteroatoms. The molecule has 2 heterocycles. The summed E-state index contributed by atoms with van der Waals surface area (Å²) in [5.74, 6) is -0.962. The topological polar surface area (TPSA) is 101 Å². The van der Waals surface area contributed by atoms with Gasteiger partial charge in [0.25, 0.3) is 0 Å². The van der Waals surface area contributed by atoms with Gasteiger partial charge in [0.15, 0.2) is 0 Å². The SMILES string of the molecule is COc1ccc2c(c1)C(CC(=O)N[C@@H](Cc1ccccc1)C(=O)N(C)c1ccc(C)nc1)C(=O)N2. The lowest BCUT2D eigenvalue weighted by Crippen LogP contribution is -2.49. The molecule has 0 saturated carbocycles. The van der Waals surface area contributed by atoms with E-state index < -0.39 is 12.0 Å². The largest absolute Gasteiger partial charge is 0.497 e. The Balaban J connectivity index is 1.53. The number of aromatic nitrogens is 1. The Kier molecular flexibility index (Phi) is 7.10. The Morgan fingerprint density at radius 1 is 1.14 bits per heavy atom. The number of likely N-dealkylation sites (N-methyl/N-ethyl adjacent to an activating group) is 1. The number of anilines is 2. The Labute approximate surface area is 204 Å². The third-order valence-electron chi connectivity index (χ3n) is 6.13. The normalized spacial score (nSPS) is 15.1. The van der Waals surface area contributed by atoms with Crippen LogP contribution in [0.1, 0.15) is 29.2 Å². The minimum atomic E-state index is -0.814. The van der Waals surface area contributed by atoms with Crippen LogP contribution in [-0.4, -0.2) is 42.9 Å². The average molecular weight is 473 g/mol. The molecule has 3 amide bonds. The summed E-state index contributed by atoms with van der Waals surface area (Å²) in [6, 6.07) is 17.6. The number of carbonyl (C=O) groups is 3. The first-order chi connectivity index (χ1) is 16.9. The van der Waals surface area contributed by atoms with Gasteiger partial charge in [0, 0.05) is 31.3 Å². The molecule has 2 N–H and O–H groups in total. The summed E-state index contributed by atoms with van der Waals surface area (Å²) in [7, 11) is 3.21. The van der Waals surface area contributed by atoms with Crippen LogP contribution < -0.4 is 20.3 Å². The van der Waals surface area contributed by atoms with Crippen LogP contribution in [0, 0.1) is 6.92 Å². The number of rotatable bonds is 8. The van der Waals surface area contributed by atoms with Crippen molar-refractivity contribution >= 4 is 29.1 Å². The Morgan fingerprint density at radius 3 is 2.60 bits per heavy atom. The first kappa shape index (κ1) is 23.9. The summed E-state index contributed by atoms with van der Waals surface area (Å²) >= 11 is 0. The van der Waals surface area contributed by atoms with Crippen molar-refractivity contribution in [1.82, 2.24) is 10.3 Å². The second-order valence-corrected chi connectivity index (χ2v) is 8.56. The van der Waals surface area contributed by atoms with Crippen LogP contribution in [0.3, 0.4) is 0 Å². The fourth-order valence-corrected chi connectivity index (χ4v) is 4.14. The molecule has 0 radical (unpaired) electrons. The van der Waals surface area contributed by atoms with Gasteiger partial charge >= 0.3 is 0 Å². The summed E-state index contributed by atoms with van der Waals surface area (Å²) in [5.41, 5.74) is 3.75. The summed E-state index contributed by atoms with van der Waals surface area (Å²) in [5, 5.41) is 5.68. The van der Waals surface area contributed by atoms with Crippen LogP contribution >= 0.6 is 0 Å². The van der Waals surface area contributed by atoms with Gasteiger partial charge in [0.05, 0.1) is 24.9 Å². The van der Waals surface area contributed by atoms with Crippen molar-refractivity contribution in [3.8, 4) is 5.75 Å². The van der Waals surface area contributed by atoms with E-state index >= 15 is 0 Å². The smallest absolute Gasteiger partial charge is 0.249 e. The highest BCUT2D eigenvalue weighted by Gasteiger charge is 2.34. The minimum Gasteiger partial charge on any atom is -0.497 e. The van der Waals surface area contributed by atoms with E-state index in [1.54, 1.807) is 38.6 Å². The number of hydrogen-bond acceptors (Lipinski definition) is 5. The minimum absolute atomic E-state index is 0.0830. The zero-order valence-corrected chi connectivity index (χ0v) is 19.9. The number of benzene rings is 2. The van der Waals surface area contributed by atoms with E-state index in [0.717, 1.165) is 11.3 Å². The zero-order valence-electron chi connectivity index (χ0n) is 19.9. The van der Waals surface area contributed by atoms with Crippen LogP contribution in [0.15, 0.2) is 66.9 Å². The first-order valence-electron chi connectivity index (χ1n) is 11.4. The molecule has 0 spiro atoms. The molecule has 1 unspecified atom stereocenters. The molecule has 0 saturated heterocycles. The highest BCUT2D eigenvalue weighted by molar-refractivity contribution is 6.05. The Morgan fingerprint density at radius 2 is 1.91 bits per heavy atom. The zero-order chi connectivity index (χ0) is 24.9. The highest BCUT2D eigenvalue weighted by atomic mass is 16.5. The molecule has 0 fully saturated rings. The van der Waals surface area contributed by atoms with Gasteiger partial charge < -0.3 is 20.3 Å². The van der Waals surface area contributed by atoms with E-state index in [4.69, 9.17) is 4.74 Å². The van der Waals surface area contributed by atoms with E-state index in [2.05, 4.69) is 15.6 Å². The van der Waals surface area contributed by atoms with Gasteiger partial charge in [0.1, 0.15) is 11.8 Å². The highest BCUT2D eigenvalue weighted by Crippen LogP contribution is 2.37. The first-order valence-corrected chi connectivity index (χ1v) is 11.4. The summed E-state index contributed by atoms with van der Waals surface area (Å²) in [4.78, 5) is 44.9. The molecule has 180 valence electrons. The average Bonchev–Trinajstić information content (AvgIpc) is 3.17. The fraction of sp³-hybridized carbons (Fsp3) is 0.259. The van der Waals surface area contributed by atoms with Gasteiger partial charge in [-0.25, -0.2) is 0 Å². The van der Waals surface area contributed by atoms with Crippen molar-refractivity contribution in [3.05, 3.63) is 83.7 Å². The molecule has 2 aromatic carbocycles. The molecular weight excluding hydrogens is 444 g/mol. The monoisotopic (exact) mass is 472 g/mol. The van der Waals surface area contributed by atoms with Crippen molar-refractivity contribution in [2.75, 3.05) is 24.4 Å². The Hall–Kier alpha value is -4.20. The summed E-state index contributed by atoms with van der Waals surface area (Å²) in [6.07, 6.45) is 1.86. The lowest BCUT2D eigenvalue weighted by atomic mass is 9.96. The fourth-order valence-electron chi connectivity index (χ4n) is 4.14. The second kappa shape index (κ2) is 10.4. The van der Waals surface area contributed by atoms with Gasteiger partial charge in [-0.1, -0.05) is 30.3 Å². The van der Waals surface area contributed by atoms with Gasteiger partial charge in [-0.05, 0) is 48.4 Å². The van der Waals surface area contributed by atoms with Crippen molar-refractivity contribution in [2.45, 2.75) is 31.7 Å². The van der Waals surface area contributed by atoms with Crippen LogP contribution in [0.5, 0.6) is 5.75 Å². The van der Waals surface area contributed by atoms with Crippen LogP contribution in [0.2, 0.25) is 0 Å². The van der Waals surface area contributed by atoms with E-state index in [1.807, 2.05) is 49.4 Å². The molecule has 1 aromatic heterocycles. The Bertz CT molecular complexity index is 1230. The predicted molar refractivity (Wildman–Crippen MR) is 133 cm³/mol.